The Labute approximate surface area is 123 Å². The zero-order valence-corrected chi connectivity index (χ0v) is 13.1. The largest absolute Gasteiger partial charge is 0.394 e. The van der Waals surface area contributed by atoms with Crippen LogP contribution in [0, 0.1) is 17.8 Å². The maximum atomic E-state index is 10.1. The lowest BCUT2D eigenvalue weighted by atomic mass is 9.65. The van der Waals surface area contributed by atoms with E-state index in [0.29, 0.717) is 17.8 Å². The van der Waals surface area contributed by atoms with Crippen molar-refractivity contribution in [3.05, 3.63) is 35.9 Å². The Bertz CT molecular complexity index is 403. The normalized spacial score (nSPS) is 30.6. The zero-order valence-electron chi connectivity index (χ0n) is 13.1. The smallest absolute Gasteiger partial charge is 0.0616 e. The summed E-state index contributed by atoms with van der Waals surface area (Å²) in [6.45, 7) is 7.97. The van der Waals surface area contributed by atoms with Crippen molar-refractivity contribution in [2.75, 3.05) is 6.61 Å². The molecule has 1 aliphatic rings. The van der Waals surface area contributed by atoms with Gasteiger partial charge in [0, 0.05) is 12.1 Å². The Morgan fingerprint density at radius 1 is 1.25 bits per heavy atom. The van der Waals surface area contributed by atoms with Crippen LogP contribution in [0.3, 0.4) is 0 Å². The quantitative estimate of drug-likeness (QED) is 0.860. The number of hydrogen-bond acceptors (Lipinski definition) is 2. The van der Waals surface area contributed by atoms with E-state index in [2.05, 4.69) is 50.4 Å². The van der Waals surface area contributed by atoms with Gasteiger partial charge in [-0.2, -0.15) is 0 Å². The van der Waals surface area contributed by atoms with Gasteiger partial charge in [-0.3, -0.25) is 0 Å². The molecule has 0 aromatic heterocycles. The molecule has 1 aromatic carbocycles. The molecule has 1 aromatic rings. The Kier molecular flexibility index (Phi) is 5.22. The highest BCUT2D eigenvalue weighted by Gasteiger charge is 2.43. The number of hydrogen-bond donors (Lipinski definition) is 2. The molecule has 20 heavy (non-hydrogen) atoms. The maximum absolute atomic E-state index is 10.1. The number of rotatable bonds is 5. The molecule has 1 saturated carbocycles. The first kappa shape index (κ1) is 15.5. The first-order valence-electron chi connectivity index (χ1n) is 7.97. The summed E-state index contributed by atoms with van der Waals surface area (Å²) < 4.78 is 0. The number of nitrogens with one attached hydrogen (secondary N) is 1. The van der Waals surface area contributed by atoms with Crippen LogP contribution >= 0.6 is 0 Å². The second-order valence-corrected chi connectivity index (χ2v) is 6.89. The highest BCUT2D eigenvalue weighted by Crippen LogP contribution is 2.41. The van der Waals surface area contributed by atoms with E-state index in [4.69, 9.17) is 0 Å². The third-order valence-corrected chi connectivity index (χ3v) is 4.97. The Morgan fingerprint density at radius 3 is 2.55 bits per heavy atom. The average molecular weight is 275 g/mol. The molecule has 2 heteroatoms. The minimum Gasteiger partial charge on any atom is -0.394 e. The minimum absolute atomic E-state index is 0.109. The van der Waals surface area contributed by atoms with E-state index in [1.165, 1.54) is 18.4 Å². The Balaban J connectivity index is 2.12. The topological polar surface area (TPSA) is 32.3 Å². The lowest BCUT2D eigenvalue weighted by Crippen LogP contribution is -2.58. The van der Waals surface area contributed by atoms with Gasteiger partial charge in [-0.1, -0.05) is 57.5 Å². The monoisotopic (exact) mass is 275 g/mol. The third kappa shape index (κ3) is 3.42. The van der Waals surface area contributed by atoms with Crippen LogP contribution in [0.25, 0.3) is 0 Å². The van der Waals surface area contributed by atoms with E-state index in [0.717, 1.165) is 13.0 Å². The summed E-state index contributed by atoms with van der Waals surface area (Å²) in [5.41, 5.74) is 1.18. The van der Waals surface area contributed by atoms with Gasteiger partial charge in [0.05, 0.1) is 6.61 Å². The summed E-state index contributed by atoms with van der Waals surface area (Å²) in [4.78, 5) is 0. The van der Waals surface area contributed by atoms with Gasteiger partial charge in [0.15, 0.2) is 0 Å². The van der Waals surface area contributed by atoms with E-state index < -0.39 is 0 Å². The predicted molar refractivity (Wildman–Crippen MR) is 84.4 cm³/mol. The van der Waals surface area contributed by atoms with Crippen LogP contribution in [0.15, 0.2) is 30.3 Å². The number of aliphatic hydroxyl groups is 1. The van der Waals surface area contributed by atoms with Gasteiger partial charge in [0.2, 0.25) is 0 Å². The summed E-state index contributed by atoms with van der Waals surface area (Å²) in [6.07, 6.45) is 3.60. The lowest BCUT2D eigenvalue weighted by molar-refractivity contribution is 0.0222. The van der Waals surface area contributed by atoms with Gasteiger partial charge in [0.1, 0.15) is 0 Å². The predicted octanol–water partition coefficient (Wildman–Crippen LogP) is 3.60. The molecular weight excluding hydrogens is 246 g/mol. The fourth-order valence-electron chi connectivity index (χ4n) is 3.90. The molecule has 1 fully saturated rings. The fourth-order valence-corrected chi connectivity index (χ4v) is 3.90. The summed E-state index contributed by atoms with van der Waals surface area (Å²) in [5, 5.41) is 13.8. The van der Waals surface area contributed by atoms with Crippen molar-refractivity contribution in [3.8, 4) is 0 Å². The first-order chi connectivity index (χ1) is 9.57. The number of benzene rings is 1. The fraction of sp³-hybridized carbons (Fsp3) is 0.667. The van der Waals surface area contributed by atoms with Crippen molar-refractivity contribution in [2.45, 2.75) is 52.1 Å². The molecule has 0 aliphatic heterocycles. The molecule has 3 unspecified atom stereocenters. The molecule has 1 aliphatic carbocycles. The van der Waals surface area contributed by atoms with Gasteiger partial charge in [-0.25, -0.2) is 0 Å². The van der Waals surface area contributed by atoms with Gasteiger partial charge in [-0.15, -0.1) is 0 Å². The van der Waals surface area contributed by atoms with Crippen LogP contribution in [-0.4, -0.2) is 17.3 Å². The molecule has 0 amide bonds. The summed E-state index contributed by atoms with van der Waals surface area (Å²) in [7, 11) is 0. The lowest BCUT2D eigenvalue weighted by Gasteiger charge is -2.48. The van der Waals surface area contributed by atoms with Crippen LogP contribution in [0.5, 0.6) is 0 Å². The Morgan fingerprint density at radius 2 is 1.95 bits per heavy atom. The molecule has 2 N–H and O–H groups in total. The van der Waals surface area contributed by atoms with Crippen LogP contribution < -0.4 is 5.32 Å². The van der Waals surface area contributed by atoms with Crippen molar-refractivity contribution in [2.24, 2.45) is 17.8 Å². The van der Waals surface area contributed by atoms with Crippen molar-refractivity contribution in [1.82, 2.24) is 5.32 Å². The summed E-state index contributed by atoms with van der Waals surface area (Å²) >= 11 is 0. The molecule has 0 spiro atoms. The van der Waals surface area contributed by atoms with Crippen molar-refractivity contribution in [3.63, 3.8) is 0 Å². The number of aliphatic hydroxyl groups excluding tert-OH is 1. The van der Waals surface area contributed by atoms with Gasteiger partial charge in [0.25, 0.3) is 0 Å². The van der Waals surface area contributed by atoms with Gasteiger partial charge >= 0.3 is 0 Å². The molecule has 3 atom stereocenters. The molecule has 0 saturated heterocycles. The van der Waals surface area contributed by atoms with Crippen LogP contribution in [0.4, 0.5) is 0 Å². The average Bonchev–Trinajstić information content (AvgIpc) is 2.46. The zero-order chi connectivity index (χ0) is 14.6. The van der Waals surface area contributed by atoms with Crippen LogP contribution in [0.1, 0.15) is 45.6 Å². The van der Waals surface area contributed by atoms with E-state index in [-0.39, 0.29) is 12.1 Å². The van der Waals surface area contributed by atoms with Gasteiger partial charge < -0.3 is 10.4 Å². The van der Waals surface area contributed by atoms with Crippen molar-refractivity contribution >= 4 is 0 Å². The van der Waals surface area contributed by atoms with Gasteiger partial charge in [-0.05, 0) is 36.2 Å². The maximum Gasteiger partial charge on any atom is 0.0616 e. The molecule has 2 rings (SSSR count). The first-order valence-corrected chi connectivity index (χ1v) is 7.97. The van der Waals surface area contributed by atoms with Crippen molar-refractivity contribution in [1.29, 1.82) is 0 Å². The molecule has 2 nitrogen and oxygen atoms in total. The van der Waals surface area contributed by atoms with E-state index in [9.17, 15) is 5.11 Å². The summed E-state index contributed by atoms with van der Waals surface area (Å²) in [6, 6.07) is 10.5. The van der Waals surface area contributed by atoms with Crippen molar-refractivity contribution < 1.29 is 5.11 Å². The van der Waals surface area contributed by atoms with Crippen LogP contribution in [-0.2, 0) is 6.54 Å². The SMILES string of the molecule is CC1CCC(C(C)C)C(CO)(NCc2ccccc2)C1. The highest BCUT2D eigenvalue weighted by molar-refractivity contribution is 5.15. The molecule has 0 bridgehead atoms. The summed E-state index contributed by atoms with van der Waals surface area (Å²) in [5.74, 6) is 1.87. The van der Waals surface area contributed by atoms with Crippen LogP contribution in [0.2, 0.25) is 0 Å². The third-order valence-electron chi connectivity index (χ3n) is 4.97. The molecule has 0 radical (unpaired) electrons. The molecule has 0 heterocycles. The second kappa shape index (κ2) is 6.73. The highest BCUT2D eigenvalue weighted by atomic mass is 16.3. The molecular formula is C18H29NO. The molecule has 112 valence electrons. The van der Waals surface area contributed by atoms with E-state index in [1.54, 1.807) is 0 Å². The Hall–Kier alpha value is -0.860. The minimum atomic E-state index is -0.109. The second-order valence-electron chi connectivity index (χ2n) is 6.89. The van der Waals surface area contributed by atoms with E-state index >= 15 is 0 Å². The standard InChI is InChI=1S/C18H29NO/c1-14(2)17-10-9-15(3)11-18(17,13-20)19-12-16-7-5-4-6-8-16/h4-8,14-15,17,19-20H,9-13H2,1-3H3. The van der Waals surface area contributed by atoms with E-state index in [1.807, 2.05) is 6.07 Å².